The van der Waals surface area contributed by atoms with Crippen LogP contribution < -0.4 is 9.47 Å². The van der Waals surface area contributed by atoms with E-state index in [0.29, 0.717) is 6.79 Å². The summed E-state index contributed by atoms with van der Waals surface area (Å²) in [7, 11) is 0. The van der Waals surface area contributed by atoms with Crippen LogP contribution in [0.15, 0.2) is 47.8 Å². The summed E-state index contributed by atoms with van der Waals surface area (Å²) in [5.74, 6) is 3.43. The number of benzene rings is 2. The summed E-state index contributed by atoms with van der Waals surface area (Å²) >= 11 is 9.73. The third-order valence-corrected chi connectivity index (χ3v) is 6.14. The number of aromatic nitrogens is 1. The van der Waals surface area contributed by atoms with Gasteiger partial charge in [0.1, 0.15) is 0 Å². The molecule has 25 heavy (non-hydrogen) atoms. The zero-order chi connectivity index (χ0) is 17.1. The lowest BCUT2D eigenvalue weighted by atomic mass is 10.1. The summed E-state index contributed by atoms with van der Waals surface area (Å²) in [5, 5.41) is 4.09. The molecule has 0 atom stereocenters. The average molecular weight is 390 g/mol. The molecule has 0 fully saturated rings. The van der Waals surface area contributed by atoms with E-state index >= 15 is 0 Å². The minimum Gasteiger partial charge on any atom is -0.454 e. The predicted octanol–water partition coefficient (Wildman–Crippen LogP) is 5.55. The number of ether oxygens (including phenoxy) is 2. The molecule has 4 rings (SSSR count). The fraction of sp³-hybridized carbons (Fsp3) is 0.211. The molecule has 0 saturated carbocycles. The van der Waals surface area contributed by atoms with E-state index in [-0.39, 0.29) is 0 Å². The van der Waals surface area contributed by atoms with Crippen molar-refractivity contribution in [2.45, 2.75) is 17.9 Å². The number of rotatable bonds is 6. The minimum atomic E-state index is 0.308. The molecule has 0 bridgehead atoms. The lowest BCUT2D eigenvalue weighted by Gasteiger charge is -2.03. The first-order valence-corrected chi connectivity index (χ1v) is 10.3. The van der Waals surface area contributed by atoms with Crippen LogP contribution in [-0.2, 0) is 17.9 Å². The minimum absolute atomic E-state index is 0.308. The van der Waals surface area contributed by atoms with E-state index < -0.39 is 0 Å². The van der Waals surface area contributed by atoms with Crippen LogP contribution in [0.4, 0.5) is 0 Å². The van der Waals surface area contributed by atoms with Crippen LogP contribution in [0.25, 0.3) is 0 Å². The van der Waals surface area contributed by atoms with E-state index in [2.05, 4.69) is 17.5 Å². The molecule has 0 saturated heterocycles. The molecule has 0 radical (unpaired) electrons. The number of fused-ring (bicyclic) bond motifs is 1. The van der Waals surface area contributed by atoms with Crippen LogP contribution in [0.2, 0.25) is 5.02 Å². The molecule has 2 aromatic carbocycles. The molecule has 0 amide bonds. The summed E-state index contributed by atoms with van der Waals surface area (Å²) in [6, 6.07) is 14.1. The number of hydrogen-bond donors (Lipinski definition) is 0. The van der Waals surface area contributed by atoms with Gasteiger partial charge in [0.05, 0.1) is 10.7 Å². The number of halogens is 1. The lowest BCUT2D eigenvalue weighted by molar-refractivity contribution is 0.174. The standard InChI is InChI=1S/C19H16ClNO2S2/c20-16-4-2-1-3-14(16)9-24-10-15-11-25-19(21-15)8-13-5-6-17-18(7-13)23-12-22-17/h1-7,11H,8-10,12H2. The normalized spacial score (nSPS) is 12.5. The molecule has 2 heterocycles. The lowest BCUT2D eigenvalue weighted by Crippen LogP contribution is -1.93. The Balaban J connectivity index is 1.33. The van der Waals surface area contributed by atoms with Crippen molar-refractivity contribution < 1.29 is 9.47 Å². The van der Waals surface area contributed by atoms with Gasteiger partial charge in [-0.05, 0) is 29.3 Å². The maximum atomic E-state index is 6.19. The smallest absolute Gasteiger partial charge is 0.231 e. The monoisotopic (exact) mass is 389 g/mol. The van der Waals surface area contributed by atoms with Crippen molar-refractivity contribution >= 4 is 34.7 Å². The summed E-state index contributed by atoms with van der Waals surface area (Å²) in [6.45, 7) is 0.308. The second-order valence-corrected chi connectivity index (χ2v) is 8.02. The topological polar surface area (TPSA) is 31.4 Å². The molecule has 1 aliphatic heterocycles. The van der Waals surface area contributed by atoms with Crippen molar-refractivity contribution in [1.29, 1.82) is 0 Å². The van der Waals surface area contributed by atoms with Gasteiger partial charge in [-0.1, -0.05) is 35.9 Å². The molecule has 3 aromatic rings. The predicted molar refractivity (Wildman–Crippen MR) is 104 cm³/mol. The third-order valence-electron chi connectivity index (χ3n) is 3.86. The highest BCUT2D eigenvalue weighted by atomic mass is 35.5. The molecule has 6 heteroatoms. The molecule has 0 aliphatic carbocycles. The van der Waals surface area contributed by atoms with Crippen LogP contribution in [0.5, 0.6) is 11.5 Å². The van der Waals surface area contributed by atoms with Crippen molar-refractivity contribution in [2.75, 3.05) is 6.79 Å². The molecule has 1 aliphatic rings. The van der Waals surface area contributed by atoms with E-state index in [1.807, 2.05) is 42.1 Å². The van der Waals surface area contributed by atoms with Crippen LogP contribution in [0, 0.1) is 0 Å². The highest BCUT2D eigenvalue weighted by Crippen LogP contribution is 2.33. The van der Waals surface area contributed by atoms with E-state index in [0.717, 1.165) is 45.1 Å². The van der Waals surface area contributed by atoms with Gasteiger partial charge in [-0.3, -0.25) is 0 Å². The third kappa shape index (κ3) is 4.11. The molecule has 128 valence electrons. The number of thiazole rings is 1. The fourth-order valence-corrected chi connectivity index (χ4v) is 4.75. The molecular weight excluding hydrogens is 374 g/mol. The fourth-order valence-electron chi connectivity index (χ4n) is 2.60. The quantitative estimate of drug-likeness (QED) is 0.553. The highest BCUT2D eigenvalue weighted by molar-refractivity contribution is 7.97. The molecule has 0 unspecified atom stereocenters. The molecule has 3 nitrogen and oxygen atoms in total. The summed E-state index contributed by atoms with van der Waals surface area (Å²) in [6.07, 6.45) is 0.816. The Morgan fingerprint density at radius 3 is 2.88 bits per heavy atom. The molecular formula is C19H16ClNO2S2. The first-order valence-electron chi connectivity index (χ1n) is 7.91. The summed E-state index contributed by atoms with van der Waals surface area (Å²) in [4.78, 5) is 4.75. The zero-order valence-corrected chi connectivity index (χ0v) is 15.8. The first-order chi connectivity index (χ1) is 12.3. The largest absolute Gasteiger partial charge is 0.454 e. The first kappa shape index (κ1) is 16.8. The van der Waals surface area contributed by atoms with Gasteiger partial charge in [-0.2, -0.15) is 11.8 Å². The van der Waals surface area contributed by atoms with E-state index in [1.54, 1.807) is 11.3 Å². The van der Waals surface area contributed by atoms with Gasteiger partial charge in [-0.25, -0.2) is 4.98 Å². The summed E-state index contributed by atoms with van der Waals surface area (Å²) < 4.78 is 10.8. The Morgan fingerprint density at radius 1 is 1.08 bits per heavy atom. The van der Waals surface area contributed by atoms with Crippen molar-refractivity contribution in [1.82, 2.24) is 4.98 Å². The van der Waals surface area contributed by atoms with E-state index in [1.165, 1.54) is 11.1 Å². The Hall–Kier alpha value is -1.69. The van der Waals surface area contributed by atoms with Crippen LogP contribution in [-0.4, -0.2) is 11.8 Å². The second kappa shape index (κ2) is 7.68. The van der Waals surface area contributed by atoms with Crippen LogP contribution in [0.3, 0.4) is 0 Å². The Morgan fingerprint density at radius 2 is 1.96 bits per heavy atom. The Bertz CT molecular complexity index is 881. The van der Waals surface area contributed by atoms with Crippen molar-refractivity contribution in [3.8, 4) is 11.5 Å². The van der Waals surface area contributed by atoms with Gasteiger partial charge in [0.15, 0.2) is 11.5 Å². The maximum Gasteiger partial charge on any atom is 0.231 e. The van der Waals surface area contributed by atoms with Crippen molar-refractivity contribution in [2.24, 2.45) is 0 Å². The van der Waals surface area contributed by atoms with Gasteiger partial charge in [-0.15, -0.1) is 11.3 Å². The number of hydrogen-bond acceptors (Lipinski definition) is 5. The Labute approximate surface area is 160 Å². The van der Waals surface area contributed by atoms with E-state index in [4.69, 9.17) is 26.1 Å². The maximum absolute atomic E-state index is 6.19. The Kier molecular flexibility index (Phi) is 5.15. The molecule has 0 N–H and O–H groups in total. The highest BCUT2D eigenvalue weighted by Gasteiger charge is 2.14. The van der Waals surface area contributed by atoms with Gasteiger partial charge >= 0.3 is 0 Å². The van der Waals surface area contributed by atoms with Gasteiger partial charge in [0.2, 0.25) is 6.79 Å². The summed E-state index contributed by atoms with van der Waals surface area (Å²) in [5.41, 5.74) is 3.48. The zero-order valence-electron chi connectivity index (χ0n) is 13.4. The van der Waals surface area contributed by atoms with Crippen LogP contribution >= 0.6 is 34.7 Å². The number of thioether (sulfide) groups is 1. The van der Waals surface area contributed by atoms with Gasteiger partial charge in [0, 0.05) is 28.3 Å². The average Bonchev–Trinajstić information content (AvgIpc) is 3.25. The van der Waals surface area contributed by atoms with Crippen molar-refractivity contribution in [3.05, 3.63) is 74.7 Å². The molecule has 1 aromatic heterocycles. The SMILES string of the molecule is Clc1ccccc1CSCc1csc(Cc2ccc3c(c2)OCO3)n1. The van der Waals surface area contributed by atoms with Crippen molar-refractivity contribution in [3.63, 3.8) is 0 Å². The number of nitrogens with zero attached hydrogens (tertiary/aromatic N) is 1. The van der Waals surface area contributed by atoms with Gasteiger partial charge in [0.25, 0.3) is 0 Å². The second-order valence-electron chi connectivity index (χ2n) is 5.68. The van der Waals surface area contributed by atoms with E-state index in [9.17, 15) is 0 Å². The van der Waals surface area contributed by atoms with Crippen LogP contribution in [0.1, 0.15) is 21.8 Å². The molecule has 0 spiro atoms. The van der Waals surface area contributed by atoms with Gasteiger partial charge < -0.3 is 9.47 Å².